The Morgan fingerprint density at radius 3 is 1.77 bits per heavy atom. The largest absolute Gasteiger partial charge is 0.321 e. The van der Waals surface area contributed by atoms with Gasteiger partial charge in [0.25, 0.3) is 20.3 Å². The first-order valence-corrected chi connectivity index (χ1v) is 6.29. The number of quaternary nitrogens is 5. The van der Waals surface area contributed by atoms with E-state index in [4.69, 9.17) is 35.1 Å². The van der Waals surface area contributed by atoms with Crippen LogP contribution in [0, 0.1) is 0 Å². The van der Waals surface area contributed by atoms with Crippen molar-refractivity contribution in [1.82, 2.24) is 10.7 Å². The first-order valence-electron chi connectivity index (χ1n) is 5.41. The SMILES string of the molecule is NN1O[N+]2(N)ON(O)O[N+](N)(OI)O[N+](N)(O)O[N+](N)(O1)O[N+](N)(O)O2. The number of hydrogen-bond acceptors (Lipinski definition) is 20. The third-order valence-corrected chi connectivity index (χ3v) is 2.32. The summed E-state index contributed by atoms with van der Waals surface area (Å²) in [5.41, 5.74) is 0. The van der Waals surface area contributed by atoms with Crippen LogP contribution in [0.5, 0.6) is 0 Å². The molecule has 3 rings (SSSR count). The highest BCUT2D eigenvalue weighted by atomic mass is 127. The summed E-state index contributed by atoms with van der Waals surface area (Å²) in [5, 5.41) is 15.4. The third-order valence-electron chi connectivity index (χ3n) is 1.78. The van der Waals surface area contributed by atoms with Gasteiger partial charge in [-0.05, 0) is 3.17 Å². The molecule has 0 saturated carbocycles. The Balaban J connectivity index is 2.48. The predicted octanol–water partition coefficient (Wildman–Crippen LogP) is -5.83. The summed E-state index contributed by atoms with van der Waals surface area (Å²) in [6, 6.07) is 0. The third kappa shape index (κ3) is 5.61. The molecule has 2 bridgehead atoms. The van der Waals surface area contributed by atoms with Crippen molar-refractivity contribution in [3.63, 3.8) is 0 Å². The molecule has 3 aliphatic rings. The molecule has 15 N–H and O–H groups in total. The average Bonchev–Trinajstić information content (AvgIpc) is 2.29. The Bertz CT molecular complexity index is 517. The van der Waals surface area contributed by atoms with Crippen LogP contribution >= 0.6 is 23.0 Å². The van der Waals surface area contributed by atoms with Gasteiger partial charge in [0, 0.05) is 9.88 Å². The first-order chi connectivity index (χ1) is 11.6. The molecule has 26 heavy (non-hydrogen) atoms. The molecule has 3 aliphatic heterocycles. The van der Waals surface area contributed by atoms with E-state index >= 15 is 0 Å². The van der Waals surface area contributed by atoms with E-state index in [-0.39, 0.29) is 5.34 Å². The van der Waals surface area contributed by atoms with E-state index in [9.17, 15) is 15.6 Å². The van der Waals surface area contributed by atoms with E-state index in [1.807, 2.05) is 0 Å². The number of fused-ring (bicyclic) bond motifs is 10. The molecule has 3 saturated heterocycles. The fraction of sp³-hybridized carbons (Fsp3) is 0. The van der Waals surface area contributed by atoms with Gasteiger partial charge >= 0.3 is 5.08 Å². The van der Waals surface area contributed by atoms with E-state index in [0.29, 0.717) is 0 Å². The second-order valence-corrected chi connectivity index (χ2v) is 4.39. The highest BCUT2D eigenvalue weighted by Crippen LogP contribution is 2.25. The van der Waals surface area contributed by atoms with Gasteiger partial charge < -0.3 is 0 Å². The molecular formula is H15IN13O12+5. The number of halogens is 1. The van der Waals surface area contributed by atoms with Gasteiger partial charge in [0.05, 0.1) is 9.88 Å². The number of rotatable bonds is 1. The zero-order valence-corrected chi connectivity index (χ0v) is 14.1. The van der Waals surface area contributed by atoms with Gasteiger partial charge in [-0.3, -0.25) is 5.21 Å². The summed E-state index contributed by atoms with van der Waals surface area (Å²) in [5.74, 6) is 31.3. The maximum Gasteiger partial charge on any atom is 0.321 e. The van der Waals surface area contributed by atoms with Crippen LogP contribution in [0.25, 0.3) is 0 Å². The maximum atomic E-state index is 9.81. The van der Waals surface area contributed by atoms with Crippen LogP contribution < -0.4 is 35.1 Å². The monoisotopic (exact) mass is 516 g/mol. The second kappa shape index (κ2) is 6.96. The van der Waals surface area contributed by atoms with Crippen LogP contribution in [0.3, 0.4) is 0 Å². The van der Waals surface area contributed by atoms with Gasteiger partial charge in [0.2, 0.25) is 23.0 Å². The van der Waals surface area contributed by atoms with Gasteiger partial charge in [-0.15, -0.1) is 10.4 Å². The minimum Gasteiger partial charge on any atom is -0.257 e. The van der Waals surface area contributed by atoms with Crippen molar-refractivity contribution in [2.45, 2.75) is 0 Å². The van der Waals surface area contributed by atoms with Crippen molar-refractivity contribution in [1.29, 1.82) is 0 Å². The maximum absolute atomic E-state index is 9.81. The standard InChI is InChI=1S/H15IN13O12/c1-18-12(5)21-9(15)22-13(6)19-8(2)20-14(7,25-10(3,16)23-12)26-11(4,17)24-13/h15-17H,2-7H2/q+5. The van der Waals surface area contributed by atoms with E-state index in [0.717, 1.165) is 23.0 Å². The number of hydrazine groups is 1. The van der Waals surface area contributed by atoms with Crippen molar-refractivity contribution < 1.29 is 83.7 Å². The minimum atomic E-state index is -2.72. The summed E-state index contributed by atoms with van der Waals surface area (Å²) in [6.07, 6.45) is 0. The topological polar surface area (TPSA) is 306 Å². The highest BCUT2D eigenvalue weighted by Gasteiger charge is 2.69. The molecule has 0 amide bonds. The van der Waals surface area contributed by atoms with E-state index in [1.165, 1.54) is 0 Å². The van der Waals surface area contributed by atoms with Crippen molar-refractivity contribution >= 4 is 23.0 Å². The quantitative estimate of drug-likeness (QED) is 0.0890. The first kappa shape index (κ1) is 22.0. The van der Waals surface area contributed by atoms with Crippen LogP contribution in [-0.2, 0) is 42.7 Å². The van der Waals surface area contributed by atoms with Crippen LogP contribution in [-0.4, -0.2) is 51.8 Å². The lowest BCUT2D eigenvalue weighted by molar-refractivity contribution is -1.74. The highest BCUT2D eigenvalue weighted by molar-refractivity contribution is 14.1. The fourth-order valence-corrected chi connectivity index (χ4v) is 1.40. The average molecular weight is 516 g/mol. The minimum absolute atomic E-state index is 0.298. The molecule has 0 aromatic carbocycles. The Labute approximate surface area is 153 Å². The van der Waals surface area contributed by atoms with Gasteiger partial charge in [-0.1, -0.05) is 29.2 Å². The van der Waals surface area contributed by atoms with Crippen LogP contribution in [0.1, 0.15) is 0 Å². The van der Waals surface area contributed by atoms with Gasteiger partial charge in [0.15, 0.2) is 25.1 Å². The normalized spacial score (nSPS) is 50.1. The summed E-state index contributed by atoms with van der Waals surface area (Å²) < 4.78 is 4.39. The molecule has 5 atom stereocenters. The summed E-state index contributed by atoms with van der Waals surface area (Å²) in [4.78, 5) is 34.9. The second-order valence-electron chi connectivity index (χ2n) is 3.99. The molecule has 0 aromatic heterocycles. The fourth-order valence-electron chi connectivity index (χ4n) is 1.26. The molecule has 3 heterocycles. The predicted molar refractivity (Wildman–Crippen MR) is 59.2 cm³/mol. The molecule has 0 aromatic rings. The lowest BCUT2D eigenvalue weighted by Gasteiger charge is -2.31. The summed E-state index contributed by atoms with van der Waals surface area (Å²) in [7, 11) is 0. The number of nitrogens with zero attached hydrogens (tertiary/aromatic N) is 7. The zero-order chi connectivity index (χ0) is 20.0. The Morgan fingerprint density at radius 1 is 0.769 bits per heavy atom. The number of hydrogen-bond donors (Lipinski definition) is 9. The van der Waals surface area contributed by atoms with E-state index in [1.54, 1.807) is 0 Å². The van der Waals surface area contributed by atoms with Gasteiger partial charge in [-0.2, -0.15) is 0 Å². The van der Waals surface area contributed by atoms with Crippen molar-refractivity contribution in [2.75, 3.05) is 0 Å². The lowest BCUT2D eigenvalue weighted by atomic mass is 12.1. The molecule has 3 fully saturated rings. The van der Waals surface area contributed by atoms with Crippen molar-refractivity contribution in [2.24, 2.45) is 35.1 Å². The van der Waals surface area contributed by atoms with Crippen LogP contribution in [0.2, 0.25) is 0 Å². The van der Waals surface area contributed by atoms with Crippen LogP contribution in [0.4, 0.5) is 0 Å². The summed E-state index contributed by atoms with van der Waals surface area (Å²) >= 11 is 1.05. The van der Waals surface area contributed by atoms with E-state index < -0.39 is 30.8 Å². The van der Waals surface area contributed by atoms with E-state index in [2.05, 4.69) is 42.7 Å². The molecule has 26 heteroatoms. The Kier molecular flexibility index (Phi) is 5.90. The van der Waals surface area contributed by atoms with Crippen LogP contribution in [0.15, 0.2) is 0 Å². The molecular weight excluding hydrogens is 501 g/mol. The molecule has 0 spiro atoms. The zero-order valence-electron chi connectivity index (χ0n) is 12.0. The molecule has 0 aliphatic carbocycles. The smallest absolute Gasteiger partial charge is 0.257 e. The Hall–Kier alpha value is -0.270. The molecule has 5 unspecified atom stereocenters. The van der Waals surface area contributed by atoms with Gasteiger partial charge in [0.1, 0.15) is 5.34 Å². The molecule has 25 nitrogen and oxygen atoms in total. The molecule has 154 valence electrons. The Morgan fingerprint density at radius 2 is 1.23 bits per heavy atom. The summed E-state index contributed by atoms with van der Waals surface area (Å²) in [6.45, 7) is 0. The molecule has 0 radical (unpaired) electrons. The van der Waals surface area contributed by atoms with Crippen molar-refractivity contribution in [3.8, 4) is 0 Å². The lowest BCUT2D eigenvalue weighted by Crippen LogP contribution is -2.80. The number of nitrogens with two attached hydrogens (primary N) is 6. The van der Waals surface area contributed by atoms with Crippen molar-refractivity contribution in [3.05, 3.63) is 0 Å². The van der Waals surface area contributed by atoms with Gasteiger partial charge in [-0.25, -0.2) is 5.84 Å².